The highest BCUT2D eigenvalue weighted by Gasteiger charge is 2.17. The Kier molecular flexibility index (Phi) is 7.31. The fourth-order valence-electron chi connectivity index (χ4n) is 2.98. The summed E-state index contributed by atoms with van der Waals surface area (Å²) in [7, 11) is -4.03. The van der Waals surface area contributed by atoms with Gasteiger partial charge in [-0.2, -0.15) is 0 Å². The lowest BCUT2D eigenvalue weighted by Crippen LogP contribution is -2.39. The van der Waals surface area contributed by atoms with Crippen LogP contribution in [0.4, 0.5) is 10.5 Å². The highest BCUT2D eigenvalue weighted by Crippen LogP contribution is 2.15. The van der Waals surface area contributed by atoms with Gasteiger partial charge in [-0.05, 0) is 42.8 Å². The first-order valence-corrected chi connectivity index (χ1v) is 11.6. The number of carbonyl (C=O) groups is 2. The molecule has 2 aromatic carbocycles. The number of nitrogens with one attached hydrogen (secondary N) is 3. The minimum Gasteiger partial charge on any atom is -0.408 e. The van der Waals surface area contributed by atoms with Crippen LogP contribution in [0.3, 0.4) is 0 Å². The number of rotatable bonds is 9. The van der Waals surface area contributed by atoms with E-state index in [-0.39, 0.29) is 23.8 Å². The van der Waals surface area contributed by atoms with Gasteiger partial charge in [-0.25, -0.2) is 22.7 Å². The monoisotopic (exact) mass is 460 g/mol. The fourth-order valence-corrected chi connectivity index (χ4v) is 3.90. The molecule has 0 fully saturated rings. The zero-order chi connectivity index (χ0) is 23.1. The summed E-state index contributed by atoms with van der Waals surface area (Å²) >= 11 is 0. The minimum absolute atomic E-state index is 0.0168. The van der Waals surface area contributed by atoms with Gasteiger partial charge in [0.25, 0.3) is 10.0 Å². The molecule has 0 aliphatic rings. The number of fused-ring (bicyclic) bond motifs is 1. The second-order valence-electron chi connectivity index (χ2n) is 7.02. The van der Waals surface area contributed by atoms with Gasteiger partial charge in [-0.1, -0.05) is 25.5 Å². The van der Waals surface area contributed by atoms with Gasteiger partial charge < -0.3 is 15.1 Å². The molecular formula is C21H24N4O6S. The predicted molar refractivity (Wildman–Crippen MR) is 119 cm³/mol. The average Bonchev–Trinajstić information content (AvgIpc) is 3.07. The van der Waals surface area contributed by atoms with Gasteiger partial charge in [0, 0.05) is 25.2 Å². The molecule has 0 saturated heterocycles. The molecule has 1 aromatic heterocycles. The highest BCUT2D eigenvalue weighted by molar-refractivity contribution is 7.90. The van der Waals surface area contributed by atoms with Gasteiger partial charge in [0.05, 0.1) is 10.4 Å². The molecule has 3 amide bonds. The lowest BCUT2D eigenvalue weighted by molar-refractivity contribution is -0.116. The van der Waals surface area contributed by atoms with Gasteiger partial charge in [-0.3, -0.25) is 9.36 Å². The first-order chi connectivity index (χ1) is 15.3. The first-order valence-electron chi connectivity index (χ1n) is 10.1. The van der Waals surface area contributed by atoms with Gasteiger partial charge in [0.15, 0.2) is 5.58 Å². The van der Waals surface area contributed by atoms with Crippen LogP contribution in [0.1, 0.15) is 26.2 Å². The van der Waals surface area contributed by atoms with Crippen LogP contribution in [-0.2, 0) is 21.4 Å². The van der Waals surface area contributed by atoms with Crippen LogP contribution in [-0.4, -0.2) is 31.5 Å². The average molecular weight is 461 g/mol. The summed E-state index contributed by atoms with van der Waals surface area (Å²) < 4.78 is 33.0. The number of unbranched alkanes of at least 4 members (excludes halogenated alkanes) is 1. The van der Waals surface area contributed by atoms with Crippen molar-refractivity contribution in [3.63, 3.8) is 0 Å². The topological polar surface area (TPSA) is 140 Å². The van der Waals surface area contributed by atoms with Crippen LogP contribution in [0.5, 0.6) is 0 Å². The Labute approximate surface area is 184 Å². The summed E-state index contributed by atoms with van der Waals surface area (Å²) in [6.07, 6.45) is 1.63. The van der Waals surface area contributed by atoms with Crippen molar-refractivity contribution >= 4 is 38.7 Å². The third kappa shape index (κ3) is 5.76. The highest BCUT2D eigenvalue weighted by atomic mass is 32.2. The number of hydrogen-bond acceptors (Lipinski definition) is 6. The molecule has 0 aliphatic carbocycles. The summed E-state index contributed by atoms with van der Waals surface area (Å²) in [6.45, 7) is 2.46. The molecule has 3 N–H and O–H groups in total. The largest absolute Gasteiger partial charge is 0.419 e. The predicted octanol–water partition coefficient (Wildman–Crippen LogP) is 2.41. The van der Waals surface area contributed by atoms with E-state index in [1.54, 1.807) is 24.3 Å². The van der Waals surface area contributed by atoms with Crippen LogP contribution < -0.4 is 21.1 Å². The Morgan fingerprint density at radius 2 is 1.78 bits per heavy atom. The van der Waals surface area contributed by atoms with Crippen molar-refractivity contribution in [1.82, 2.24) is 14.6 Å². The Morgan fingerprint density at radius 3 is 2.50 bits per heavy atom. The van der Waals surface area contributed by atoms with E-state index < -0.39 is 21.8 Å². The van der Waals surface area contributed by atoms with E-state index in [1.165, 1.54) is 28.8 Å². The molecule has 0 unspecified atom stereocenters. The fraction of sp³-hybridized carbons (Fsp3) is 0.286. The van der Waals surface area contributed by atoms with Gasteiger partial charge in [-0.15, -0.1) is 0 Å². The number of aromatic nitrogens is 1. The molecule has 32 heavy (non-hydrogen) atoms. The maximum absolute atomic E-state index is 12.3. The second-order valence-corrected chi connectivity index (χ2v) is 8.71. The number of amides is 3. The van der Waals surface area contributed by atoms with E-state index in [1.807, 2.05) is 11.6 Å². The van der Waals surface area contributed by atoms with E-state index in [9.17, 15) is 22.8 Å². The Bertz CT molecular complexity index is 1260. The quantitative estimate of drug-likeness (QED) is 0.419. The van der Waals surface area contributed by atoms with Crippen LogP contribution in [0.15, 0.2) is 62.6 Å². The molecule has 170 valence electrons. The van der Waals surface area contributed by atoms with Crippen LogP contribution in [0.25, 0.3) is 11.1 Å². The molecule has 0 bridgehead atoms. The molecule has 10 nitrogen and oxygen atoms in total. The van der Waals surface area contributed by atoms with Gasteiger partial charge in [0.1, 0.15) is 0 Å². The molecular weight excluding hydrogens is 436 g/mol. The summed E-state index contributed by atoms with van der Waals surface area (Å²) in [5.74, 6) is -0.897. The number of nitrogens with zero attached hydrogens (tertiary/aromatic N) is 1. The number of carbonyl (C=O) groups excluding carboxylic acids is 2. The standard InChI is InChI=1S/C21H24N4O6S/c1-2-3-13-22-20(27)24-32(29,30)16-10-8-15(9-11-16)23-19(26)12-14-25-17-6-4-5-7-18(17)31-21(25)28/h4-11H,2-3,12-14H2,1H3,(H,23,26)(H2,22,24,27). The number of para-hydroxylation sites is 2. The number of urea groups is 1. The van der Waals surface area contributed by atoms with Crippen molar-refractivity contribution in [3.05, 3.63) is 59.1 Å². The van der Waals surface area contributed by atoms with E-state index >= 15 is 0 Å². The van der Waals surface area contributed by atoms with Crippen molar-refractivity contribution in [1.29, 1.82) is 0 Å². The van der Waals surface area contributed by atoms with Crippen molar-refractivity contribution < 1.29 is 22.4 Å². The summed E-state index contributed by atoms with van der Waals surface area (Å²) in [6, 6.07) is 11.5. The Morgan fingerprint density at radius 1 is 1.06 bits per heavy atom. The van der Waals surface area contributed by atoms with Crippen molar-refractivity contribution in [2.75, 3.05) is 11.9 Å². The lowest BCUT2D eigenvalue weighted by Gasteiger charge is -2.10. The molecule has 0 radical (unpaired) electrons. The first kappa shape index (κ1) is 23.1. The van der Waals surface area contributed by atoms with Crippen LogP contribution >= 0.6 is 0 Å². The van der Waals surface area contributed by atoms with Crippen molar-refractivity contribution in [2.24, 2.45) is 0 Å². The molecule has 3 rings (SSSR count). The second kappa shape index (κ2) is 10.1. The zero-order valence-corrected chi connectivity index (χ0v) is 18.3. The van der Waals surface area contributed by atoms with Crippen LogP contribution in [0, 0.1) is 0 Å². The van der Waals surface area contributed by atoms with E-state index in [0.717, 1.165) is 12.8 Å². The number of anilines is 1. The number of sulfonamides is 1. The third-order valence-corrected chi connectivity index (χ3v) is 5.97. The number of oxazole rings is 1. The van der Waals surface area contributed by atoms with E-state index in [2.05, 4.69) is 10.6 Å². The maximum Gasteiger partial charge on any atom is 0.419 e. The zero-order valence-electron chi connectivity index (χ0n) is 17.5. The molecule has 0 atom stereocenters. The SMILES string of the molecule is CCCCNC(=O)NS(=O)(=O)c1ccc(NC(=O)CCn2c(=O)oc3ccccc32)cc1. The number of benzene rings is 2. The molecule has 3 aromatic rings. The Hall–Kier alpha value is -3.60. The normalized spacial score (nSPS) is 11.3. The van der Waals surface area contributed by atoms with Crippen molar-refractivity contribution in [3.8, 4) is 0 Å². The van der Waals surface area contributed by atoms with Crippen LogP contribution in [0.2, 0.25) is 0 Å². The third-order valence-electron chi connectivity index (χ3n) is 4.63. The van der Waals surface area contributed by atoms with Gasteiger partial charge >= 0.3 is 11.8 Å². The molecule has 0 saturated carbocycles. The Balaban J connectivity index is 1.56. The summed E-state index contributed by atoms with van der Waals surface area (Å²) in [5, 5.41) is 5.12. The molecule has 0 spiro atoms. The smallest absolute Gasteiger partial charge is 0.408 e. The van der Waals surface area contributed by atoms with Crippen molar-refractivity contribution in [2.45, 2.75) is 37.6 Å². The lowest BCUT2D eigenvalue weighted by atomic mass is 10.3. The van der Waals surface area contributed by atoms with E-state index in [4.69, 9.17) is 4.42 Å². The van der Waals surface area contributed by atoms with E-state index in [0.29, 0.717) is 23.3 Å². The summed E-state index contributed by atoms with van der Waals surface area (Å²) in [5.41, 5.74) is 1.43. The summed E-state index contributed by atoms with van der Waals surface area (Å²) in [4.78, 5) is 35.8. The minimum atomic E-state index is -4.03. The molecule has 0 aliphatic heterocycles. The number of hydrogen-bond donors (Lipinski definition) is 3. The van der Waals surface area contributed by atoms with Gasteiger partial charge in [0.2, 0.25) is 5.91 Å². The molecule has 11 heteroatoms. The maximum atomic E-state index is 12.3. The number of aryl methyl sites for hydroxylation is 1. The molecule has 1 heterocycles.